The van der Waals surface area contributed by atoms with Crippen LogP contribution in [0.25, 0.3) is 0 Å². The first-order chi connectivity index (χ1) is 10.7. The van der Waals surface area contributed by atoms with Crippen LogP contribution >= 0.6 is 0 Å². The van der Waals surface area contributed by atoms with Crippen LogP contribution in [0.4, 0.5) is 10.5 Å². The first-order valence-electron chi connectivity index (χ1n) is 7.70. The number of rotatable bonds is 4. The van der Waals surface area contributed by atoms with Crippen LogP contribution in [0.5, 0.6) is 0 Å². The van der Waals surface area contributed by atoms with Gasteiger partial charge in [-0.05, 0) is 37.5 Å². The van der Waals surface area contributed by atoms with E-state index < -0.39 is 6.09 Å². The molecule has 0 bridgehead atoms. The van der Waals surface area contributed by atoms with Gasteiger partial charge in [0.25, 0.3) is 0 Å². The van der Waals surface area contributed by atoms with Gasteiger partial charge in [0.1, 0.15) is 0 Å². The lowest BCUT2D eigenvalue weighted by molar-refractivity contribution is 0.187. The van der Waals surface area contributed by atoms with E-state index in [1.165, 1.54) is 20.0 Å². The Labute approximate surface area is 131 Å². The third-order valence-electron chi connectivity index (χ3n) is 3.54. The lowest BCUT2D eigenvalue weighted by atomic mass is 10.2. The Morgan fingerprint density at radius 3 is 2.55 bits per heavy atom. The second-order valence-corrected chi connectivity index (χ2v) is 5.18. The van der Waals surface area contributed by atoms with Crippen molar-refractivity contribution >= 4 is 17.7 Å². The summed E-state index contributed by atoms with van der Waals surface area (Å²) in [6, 6.07) is 7.62. The maximum Gasteiger partial charge on any atom is 0.411 e. The molecule has 120 valence electrons. The summed E-state index contributed by atoms with van der Waals surface area (Å²) >= 11 is 0. The number of carbonyl (C=O) groups is 1. The van der Waals surface area contributed by atoms with Crippen LogP contribution in [0.15, 0.2) is 29.3 Å². The van der Waals surface area contributed by atoms with E-state index >= 15 is 0 Å². The summed E-state index contributed by atoms with van der Waals surface area (Å²) in [5.41, 5.74) is 1.82. The molecule has 0 aromatic heterocycles. The molecule has 6 heteroatoms. The van der Waals surface area contributed by atoms with Crippen LogP contribution in [0.2, 0.25) is 0 Å². The van der Waals surface area contributed by atoms with Gasteiger partial charge in [0.2, 0.25) is 0 Å². The summed E-state index contributed by atoms with van der Waals surface area (Å²) in [6.07, 6.45) is 2.01. The first kappa shape index (κ1) is 16.1. The lowest BCUT2D eigenvalue weighted by Gasteiger charge is -2.20. The number of anilines is 1. The monoisotopic (exact) mass is 304 g/mol. The van der Waals surface area contributed by atoms with Crippen molar-refractivity contribution in [2.24, 2.45) is 4.99 Å². The third-order valence-corrected chi connectivity index (χ3v) is 3.54. The van der Waals surface area contributed by atoms with Crippen LogP contribution in [0, 0.1) is 0 Å². The quantitative estimate of drug-likeness (QED) is 0.662. The molecule has 6 nitrogen and oxygen atoms in total. The predicted molar refractivity (Wildman–Crippen MR) is 88.1 cm³/mol. The molecule has 1 heterocycles. The van der Waals surface area contributed by atoms with Crippen LogP contribution in [0.3, 0.4) is 0 Å². The highest BCUT2D eigenvalue weighted by molar-refractivity contribution is 5.84. The number of likely N-dealkylation sites (tertiary alicyclic amines) is 1. The second-order valence-electron chi connectivity index (χ2n) is 5.18. The van der Waals surface area contributed by atoms with Crippen molar-refractivity contribution in [1.29, 1.82) is 0 Å². The van der Waals surface area contributed by atoms with Crippen molar-refractivity contribution in [3.05, 3.63) is 29.8 Å². The normalized spacial score (nSPS) is 14.8. The van der Waals surface area contributed by atoms with E-state index in [0.717, 1.165) is 31.2 Å². The highest BCUT2D eigenvalue weighted by Gasteiger charge is 2.15. The number of benzene rings is 1. The van der Waals surface area contributed by atoms with Gasteiger partial charge in [-0.2, -0.15) is 0 Å². The molecule has 1 aromatic rings. The van der Waals surface area contributed by atoms with Crippen LogP contribution in [-0.2, 0) is 11.3 Å². The van der Waals surface area contributed by atoms with Crippen LogP contribution < -0.4 is 10.6 Å². The molecule has 0 unspecified atom stereocenters. The highest BCUT2D eigenvalue weighted by atomic mass is 16.5. The highest BCUT2D eigenvalue weighted by Crippen LogP contribution is 2.12. The van der Waals surface area contributed by atoms with Crippen LogP contribution in [0.1, 0.15) is 25.3 Å². The van der Waals surface area contributed by atoms with E-state index in [9.17, 15) is 4.79 Å². The van der Waals surface area contributed by atoms with E-state index in [0.29, 0.717) is 12.2 Å². The Bertz CT molecular complexity index is 507. The Kier molecular flexibility index (Phi) is 6.06. The average Bonchev–Trinajstić information content (AvgIpc) is 3.07. The molecule has 0 saturated carbocycles. The zero-order valence-electron chi connectivity index (χ0n) is 13.3. The number of aliphatic imine (C=N–C) groups is 1. The first-order valence-corrected chi connectivity index (χ1v) is 7.70. The minimum Gasteiger partial charge on any atom is -0.453 e. The van der Waals surface area contributed by atoms with Gasteiger partial charge < -0.3 is 15.0 Å². The van der Waals surface area contributed by atoms with E-state index in [1.54, 1.807) is 0 Å². The zero-order valence-corrected chi connectivity index (χ0v) is 13.3. The molecular weight excluding hydrogens is 280 g/mol. The maximum atomic E-state index is 11.1. The molecule has 1 aliphatic rings. The van der Waals surface area contributed by atoms with Gasteiger partial charge >= 0.3 is 6.09 Å². The van der Waals surface area contributed by atoms with Crippen molar-refractivity contribution < 1.29 is 9.53 Å². The summed E-state index contributed by atoms with van der Waals surface area (Å²) in [7, 11) is 1.35. The Balaban J connectivity index is 1.96. The Morgan fingerprint density at radius 1 is 1.27 bits per heavy atom. The van der Waals surface area contributed by atoms with E-state index in [-0.39, 0.29) is 0 Å². The number of hydrogen-bond acceptors (Lipinski definition) is 3. The fourth-order valence-electron chi connectivity index (χ4n) is 2.38. The molecule has 0 aliphatic carbocycles. The van der Waals surface area contributed by atoms with E-state index in [4.69, 9.17) is 4.99 Å². The summed E-state index contributed by atoms with van der Waals surface area (Å²) < 4.78 is 4.56. The number of nitrogens with one attached hydrogen (secondary N) is 2. The average molecular weight is 304 g/mol. The molecule has 1 fully saturated rings. The van der Waals surface area contributed by atoms with Gasteiger partial charge in [0.15, 0.2) is 5.96 Å². The van der Waals surface area contributed by atoms with Gasteiger partial charge in [-0.25, -0.2) is 9.79 Å². The van der Waals surface area contributed by atoms with Gasteiger partial charge in [0.05, 0.1) is 13.7 Å². The number of guanidine groups is 1. The number of amides is 1. The minimum atomic E-state index is -0.464. The largest absolute Gasteiger partial charge is 0.453 e. The maximum absolute atomic E-state index is 11.1. The van der Waals surface area contributed by atoms with E-state index in [2.05, 4.69) is 27.2 Å². The minimum absolute atomic E-state index is 0.464. The molecule has 1 aliphatic heterocycles. The van der Waals surface area contributed by atoms with E-state index in [1.807, 2.05) is 24.3 Å². The lowest BCUT2D eigenvalue weighted by Crippen LogP contribution is -2.39. The molecule has 22 heavy (non-hydrogen) atoms. The second kappa shape index (κ2) is 8.26. The van der Waals surface area contributed by atoms with Crippen LogP contribution in [-0.4, -0.2) is 43.7 Å². The predicted octanol–water partition coefficient (Wildman–Crippen LogP) is 2.43. The Morgan fingerprint density at radius 2 is 1.95 bits per heavy atom. The molecule has 1 aromatic carbocycles. The SMILES string of the molecule is CCNC(=NCc1ccc(NC(=O)OC)cc1)N1CCCC1. The van der Waals surface area contributed by atoms with Gasteiger partial charge in [-0.3, -0.25) is 5.32 Å². The standard InChI is InChI=1S/C16H24N4O2/c1-3-17-15(20-10-4-5-11-20)18-12-13-6-8-14(9-7-13)19-16(21)22-2/h6-9H,3-5,10-12H2,1-2H3,(H,17,18)(H,19,21). The smallest absolute Gasteiger partial charge is 0.411 e. The van der Waals surface area contributed by atoms with Gasteiger partial charge in [-0.1, -0.05) is 12.1 Å². The molecule has 1 amide bonds. The number of nitrogens with zero attached hydrogens (tertiary/aromatic N) is 2. The van der Waals surface area contributed by atoms with Crippen molar-refractivity contribution in [2.75, 3.05) is 32.1 Å². The summed E-state index contributed by atoms with van der Waals surface area (Å²) in [6.45, 7) is 5.73. The molecule has 0 radical (unpaired) electrons. The molecule has 2 N–H and O–H groups in total. The summed E-state index contributed by atoms with van der Waals surface area (Å²) in [5, 5.41) is 5.97. The molecule has 2 rings (SSSR count). The summed E-state index contributed by atoms with van der Waals surface area (Å²) in [4.78, 5) is 18.1. The topological polar surface area (TPSA) is 66.0 Å². The fourth-order valence-corrected chi connectivity index (χ4v) is 2.38. The molecule has 0 spiro atoms. The third kappa shape index (κ3) is 4.65. The Hall–Kier alpha value is -2.24. The van der Waals surface area contributed by atoms with Crippen molar-refractivity contribution in [3.8, 4) is 0 Å². The molecule has 0 atom stereocenters. The van der Waals surface area contributed by atoms with Gasteiger partial charge in [0, 0.05) is 25.3 Å². The number of carbonyl (C=O) groups excluding carboxylic acids is 1. The number of methoxy groups -OCH3 is 1. The van der Waals surface area contributed by atoms with Crippen molar-refractivity contribution in [1.82, 2.24) is 10.2 Å². The van der Waals surface area contributed by atoms with Gasteiger partial charge in [-0.15, -0.1) is 0 Å². The zero-order chi connectivity index (χ0) is 15.8. The number of hydrogen-bond donors (Lipinski definition) is 2. The molecule has 1 saturated heterocycles. The molecular formula is C16H24N4O2. The fraction of sp³-hybridized carbons (Fsp3) is 0.500. The van der Waals surface area contributed by atoms with Crippen molar-refractivity contribution in [2.45, 2.75) is 26.3 Å². The number of ether oxygens (including phenoxy) is 1. The van der Waals surface area contributed by atoms with Crippen molar-refractivity contribution in [3.63, 3.8) is 0 Å². The summed E-state index contributed by atoms with van der Waals surface area (Å²) in [5.74, 6) is 0.983.